The van der Waals surface area contributed by atoms with Gasteiger partial charge >= 0.3 is 0 Å². The lowest BCUT2D eigenvalue weighted by Crippen LogP contribution is -2.44. The molecule has 28 heavy (non-hydrogen) atoms. The van der Waals surface area contributed by atoms with Crippen LogP contribution in [0, 0.1) is 12.8 Å². The second kappa shape index (κ2) is 8.18. The highest BCUT2D eigenvalue weighted by atomic mass is 32.1. The van der Waals surface area contributed by atoms with Gasteiger partial charge in [-0.2, -0.15) is 0 Å². The summed E-state index contributed by atoms with van der Waals surface area (Å²) in [7, 11) is 0. The van der Waals surface area contributed by atoms with Crippen molar-refractivity contribution in [3.05, 3.63) is 39.8 Å². The van der Waals surface area contributed by atoms with Crippen LogP contribution in [-0.4, -0.2) is 54.5 Å². The van der Waals surface area contributed by atoms with E-state index in [4.69, 9.17) is 9.47 Å². The fourth-order valence-electron chi connectivity index (χ4n) is 3.58. The number of nitrogens with zero attached hydrogens (tertiary/aromatic N) is 2. The molecule has 0 spiro atoms. The molecule has 1 atom stereocenters. The van der Waals surface area contributed by atoms with Gasteiger partial charge in [0.05, 0.1) is 0 Å². The lowest BCUT2D eigenvalue weighted by atomic mass is 9.97. The zero-order valence-electron chi connectivity index (χ0n) is 15.8. The van der Waals surface area contributed by atoms with Crippen LogP contribution in [0.4, 0.5) is 0 Å². The molecule has 0 aromatic carbocycles. The Balaban J connectivity index is 1.34. The van der Waals surface area contributed by atoms with Gasteiger partial charge in [0.2, 0.25) is 0 Å². The van der Waals surface area contributed by atoms with Gasteiger partial charge in [-0.05, 0) is 37.8 Å². The maximum atomic E-state index is 12.7. The molecule has 0 saturated carbocycles. The molecular formula is C20H23N3O4S. The van der Waals surface area contributed by atoms with Crippen molar-refractivity contribution in [1.82, 2.24) is 15.2 Å². The van der Waals surface area contributed by atoms with E-state index in [2.05, 4.69) is 10.3 Å². The summed E-state index contributed by atoms with van der Waals surface area (Å²) in [5.41, 5.74) is 1.31. The molecule has 148 valence electrons. The molecule has 1 N–H and O–H groups in total. The second-order valence-corrected chi connectivity index (χ2v) is 7.97. The van der Waals surface area contributed by atoms with Crippen LogP contribution in [0.25, 0.3) is 0 Å². The van der Waals surface area contributed by atoms with Crippen molar-refractivity contribution in [2.45, 2.75) is 19.8 Å². The quantitative estimate of drug-likeness (QED) is 0.851. The monoisotopic (exact) mass is 401 g/mol. The van der Waals surface area contributed by atoms with E-state index in [9.17, 15) is 9.59 Å². The van der Waals surface area contributed by atoms with Gasteiger partial charge in [-0.3, -0.25) is 9.59 Å². The van der Waals surface area contributed by atoms with Crippen LogP contribution < -0.4 is 14.8 Å². The van der Waals surface area contributed by atoms with E-state index in [-0.39, 0.29) is 17.7 Å². The number of thiophene rings is 1. The number of pyridine rings is 1. The Kier molecular flexibility index (Phi) is 5.47. The van der Waals surface area contributed by atoms with Gasteiger partial charge in [0, 0.05) is 30.7 Å². The molecule has 0 radical (unpaired) electrons. The Labute approximate surface area is 167 Å². The highest BCUT2D eigenvalue weighted by molar-refractivity contribution is 7.12. The number of carbonyl (C=O) groups excluding carboxylic acids is 2. The van der Waals surface area contributed by atoms with Crippen LogP contribution in [0.15, 0.2) is 23.6 Å². The molecule has 8 heteroatoms. The SMILES string of the molecule is Cc1cccc(C(=O)N2CCCC(CNC(=O)c3scc4c3OCCO4)C2)n1. The number of aryl methyl sites for hydroxylation is 1. The summed E-state index contributed by atoms with van der Waals surface area (Å²) in [5.74, 6) is 1.21. The maximum Gasteiger partial charge on any atom is 0.272 e. The lowest BCUT2D eigenvalue weighted by Gasteiger charge is -2.32. The summed E-state index contributed by atoms with van der Waals surface area (Å²) in [6.07, 6.45) is 1.90. The minimum absolute atomic E-state index is 0.0439. The molecule has 0 bridgehead atoms. The highest BCUT2D eigenvalue weighted by Crippen LogP contribution is 2.39. The summed E-state index contributed by atoms with van der Waals surface area (Å²) in [4.78, 5) is 32.0. The van der Waals surface area contributed by atoms with Crippen molar-refractivity contribution in [2.24, 2.45) is 5.92 Å². The zero-order chi connectivity index (χ0) is 19.5. The lowest BCUT2D eigenvalue weighted by molar-refractivity contribution is 0.0664. The average Bonchev–Trinajstić information content (AvgIpc) is 3.16. The summed E-state index contributed by atoms with van der Waals surface area (Å²) in [6, 6.07) is 5.48. The number of nitrogens with one attached hydrogen (secondary N) is 1. The van der Waals surface area contributed by atoms with Crippen LogP contribution in [0.5, 0.6) is 11.5 Å². The molecule has 2 aliphatic rings. The van der Waals surface area contributed by atoms with Crippen LogP contribution in [0.3, 0.4) is 0 Å². The molecule has 1 fully saturated rings. The number of ether oxygens (including phenoxy) is 2. The van der Waals surface area contributed by atoms with Crippen LogP contribution in [0.2, 0.25) is 0 Å². The van der Waals surface area contributed by atoms with E-state index in [0.29, 0.717) is 48.4 Å². The number of fused-ring (bicyclic) bond motifs is 1. The van der Waals surface area contributed by atoms with Gasteiger partial charge in [0.15, 0.2) is 11.5 Å². The summed E-state index contributed by atoms with van der Waals surface area (Å²) >= 11 is 1.33. The number of piperidine rings is 1. The van der Waals surface area contributed by atoms with Crippen molar-refractivity contribution >= 4 is 23.2 Å². The predicted molar refractivity (Wildman–Crippen MR) is 105 cm³/mol. The molecule has 7 nitrogen and oxygen atoms in total. The molecule has 2 aromatic rings. The van der Waals surface area contributed by atoms with Crippen LogP contribution in [-0.2, 0) is 0 Å². The number of amides is 2. The number of rotatable bonds is 4. The van der Waals surface area contributed by atoms with Gasteiger partial charge < -0.3 is 19.7 Å². The highest BCUT2D eigenvalue weighted by Gasteiger charge is 2.27. The predicted octanol–water partition coefficient (Wildman–Crippen LogP) is 2.50. The summed E-state index contributed by atoms with van der Waals surface area (Å²) < 4.78 is 11.1. The van der Waals surface area contributed by atoms with E-state index in [1.54, 1.807) is 11.4 Å². The van der Waals surface area contributed by atoms with Crippen molar-refractivity contribution in [3.63, 3.8) is 0 Å². The molecule has 2 aliphatic heterocycles. The Morgan fingerprint density at radius 3 is 3.04 bits per heavy atom. The smallest absolute Gasteiger partial charge is 0.272 e. The standard InChI is InChI=1S/C20H23N3O4S/c1-13-4-2-6-15(22-13)20(25)23-7-3-5-14(11-23)10-21-19(24)18-17-16(12-28-18)26-8-9-27-17/h2,4,6,12,14H,3,5,7-11H2,1H3,(H,21,24). The van der Waals surface area contributed by atoms with Gasteiger partial charge in [0.1, 0.15) is 23.8 Å². The van der Waals surface area contributed by atoms with E-state index >= 15 is 0 Å². The third-order valence-corrected chi connectivity index (χ3v) is 5.91. The Morgan fingerprint density at radius 2 is 2.18 bits per heavy atom. The van der Waals surface area contributed by atoms with E-state index in [1.165, 1.54) is 11.3 Å². The normalized spacial score (nSPS) is 18.6. The first-order valence-corrected chi connectivity index (χ1v) is 10.4. The first-order chi connectivity index (χ1) is 13.6. The third-order valence-electron chi connectivity index (χ3n) is 4.97. The largest absolute Gasteiger partial charge is 0.485 e. The number of hydrogen-bond acceptors (Lipinski definition) is 6. The average molecular weight is 401 g/mol. The fraction of sp³-hybridized carbons (Fsp3) is 0.450. The Hall–Kier alpha value is -2.61. The minimum atomic E-state index is -0.152. The van der Waals surface area contributed by atoms with Gasteiger partial charge in [0.25, 0.3) is 11.8 Å². The van der Waals surface area contributed by atoms with Gasteiger partial charge in [-0.25, -0.2) is 4.98 Å². The molecule has 4 heterocycles. The number of hydrogen-bond donors (Lipinski definition) is 1. The zero-order valence-corrected chi connectivity index (χ0v) is 16.6. The van der Waals surface area contributed by atoms with E-state index in [0.717, 1.165) is 25.1 Å². The molecule has 0 aliphatic carbocycles. The maximum absolute atomic E-state index is 12.7. The third kappa shape index (κ3) is 3.96. The molecular weight excluding hydrogens is 378 g/mol. The first-order valence-electron chi connectivity index (χ1n) is 9.50. The Morgan fingerprint density at radius 1 is 1.32 bits per heavy atom. The number of likely N-dealkylation sites (tertiary alicyclic amines) is 1. The molecule has 4 rings (SSSR count). The summed E-state index contributed by atoms with van der Waals surface area (Å²) in [5, 5.41) is 4.80. The van der Waals surface area contributed by atoms with Crippen molar-refractivity contribution in [1.29, 1.82) is 0 Å². The molecule has 2 aromatic heterocycles. The van der Waals surface area contributed by atoms with Crippen molar-refractivity contribution in [2.75, 3.05) is 32.8 Å². The summed E-state index contributed by atoms with van der Waals surface area (Å²) in [6.45, 7) is 4.71. The van der Waals surface area contributed by atoms with Gasteiger partial charge in [-0.15, -0.1) is 11.3 Å². The van der Waals surface area contributed by atoms with Gasteiger partial charge in [-0.1, -0.05) is 6.07 Å². The molecule has 1 unspecified atom stereocenters. The van der Waals surface area contributed by atoms with E-state index < -0.39 is 0 Å². The number of carbonyl (C=O) groups is 2. The van der Waals surface area contributed by atoms with Crippen LogP contribution >= 0.6 is 11.3 Å². The fourth-order valence-corrected chi connectivity index (χ4v) is 4.42. The van der Waals surface area contributed by atoms with Crippen molar-refractivity contribution in [3.8, 4) is 11.5 Å². The topological polar surface area (TPSA) is 80.8 Å². The van der Waals surface area contributed by atoms with Crippen molar-refractivity contribution < 1.29 is 19.1 Å². The van der Waals surface area contributed by atoms with E-state index in [1.807, 2.05) is 24.0 Å². The van der Waals surface area contributed by atoms with Crippen LogP contribution in [0.1, 0.15) is 38.7 Å². The number of aromatic nitrogens is 1. The molecule has 1 saturated heterocycles. The second-order valence-electron chi connectivity index (χ2n) is 7.09. The Bertz CT molecular complexity index is 882. The first kappa shape index (κ1) is 18.7. The minimum Gasteiger partial charge on any atom is -0.485 e. The molecule has 2 amide bonds.